The van der Waals surface area contributed by atoms with Crippen LogP contribution in [0.2, 0.25) is 5.02 Å². The Morgan fingerprint density at radius 2 is 2.00 bits per heavy atom. The number of nitro groups is 1. The summed E-state index contributed by atoms with van der Waals surface area (Å²) in [5, 5.41) is 14.3. The second-order valence-electron chi connectivity index (χ2n) is 6.59. The highest BCUT2D eigenvalue weighted by molar-refractivity contribution is 6.31. The molecule has 1 saturated heterocycles. The molecule has 1 N–H and O–H groups in total. The van der Waals surface area contributed by atoms with Gasteiger partial charge < -0.3 is 19.7 Å². The number of anilines is 2. The number of hydrogen-bond donors (Lipinski definition) is 1. The maximum absolute atomic E-state index is 12.7. The molecule has 0 unspecified atom stereocenters. The van der Waals surface area contributed by atoms with Gasteiger partial charge in [-0.3, -0.25) is 14.9 Å². The van der Waals surface area contributed by atoms with E-state index >= 15 is 0 Å². The van der Waals surface area contributed by atoms with Crippen LogP contribution in [0.4, 0.5) is 17.1 Å². The molecule has 10 heteroatoms. The zero-order valence-electron chi connectivity index (χ0n) is 16.2. The molecular formula is C20H20ClN3O6. The van der Waals surface area contributed by atoms with Crippen LogP contribution in [-0.2, 0) is 14.3 Å². The highest BCUT2D eigenvalue weighted by atomic mass is 35.5. The van der Waals surface area contributed by atoms with E-state index in [2.05, 4.69) is 5.32 Å². The minimum absolute atomic E-state index is 0.0258. The molecule has 9 nitrogen and oxygen atoms in total. The Bertz CT molecular complexity index is 975. The second-order valence-corrected chi connectivity index (χ2v) is 7.00. The van der Waals surface area contributed by atoms with E-state index in [1.807, 2.05) is 4.90 Å². The quantitative estimate of drug-likeness (QED) is 0.423. The van der Waals surface area contributed by atoms with Crippen molar-refractivity contribution < 1.29 is 24.0 Å². The van der Waals surface area contributed by atoms with Crippen molar-refractivity contribution in [3.63, 3.8) is 0 Å². The SMILES string of the molecule is Cc1c(Cl)cccc1NC(=O)COC(=O)c1cc([N+](=O)[O-])ccc1N1CCOCC1. The number of carbonyl (C=O) groups is 2. The molecule has 158 valence electrons. The molecule has 0 aromatic heterocycles. The first-order chi connectivity index (χ1) is 14.4. The van der Waals surface area contributed by atoms with Crippen molar-refractivity contribution in [2.75, 3.05) is 43.1 Å². The first-order valence-electron chi connectivity index (χ1n) is 9.20. The predicted octanol–water partition coefficient (Wildman–Crippen LogP) is 3.19. The fraction of sp³-hybridized carbons (Fsp3) is 0.300. The van der Waals surface area contributed by atoms with Crippen molar-refractivity contribution in [2.24, 2.45) is 0 Å². The van der Waals surface area contributed by atoms with E-state index in [0.717, 1.165) is 6.07 Å². The van der Waals surface area contributed by atoms with Gasteiger partial charge in [0.1, 0.15) is 0 Å². The number of amides is 1. The van der Waals surface area contributed by atoms with Gasteiger partial charge in [0.25, 0.3) is 11.6 Å². The van der Waals surface area contributed by atoms with Gasteiger partial charge in [-0.1, -0.05) is 17.7 Å². The molecule has 0 radical (unpaired) electrons. The molecule has 1 aliphatic rings. The van der Waals surface area contributed by atoms with E-state index < -0.39 is 23.4 Å². The van der Waals surface area contributed by atoms with Crippen molar-refractivity contribution in [2.45, 2.75) is 6.92 Å². The highest BCUT2D eigenvalue weighted by Crippen LogP contribution is 2.27. The molecule has 1 fully saturated rings. The van der Waals surface area contributed by atoms with Crippen molar-refractivity contribution >= 4 is 40.5 Å². The van der Waals surface area contributed by atoms with Gasteiger partial charge in [0.15, 0.2) is 6.61 Å². The summed E-state index contributed by atoms with van der Waals surface area (Å²) in [7, 11) is 0. The molecule has 0 bridgehead atoms. The maximum atomic E-state index is 12.7. The van der Waals surface area contributed by atoms with Gasteiger partial charge in [0.05, 0.1) is 29.4 Å². The molecule has 0 saturated carbocycles. The Hall–Kier alpha value is -3.17. The Balaban J connectivity index is 1.73. The largest absolute Gasteiger partial charge is 0.452 e. The monoisotopic (exact) mass is 433 g/mol. The Morgan fingerprint density at radius 1 is 1.27 bits per heavy atom. The van der Waals surface area contributed by atoms with Crippen molar-refractivity contribution in [3.8, 4) is 0 Å². The van der Waals surface area contributed by atoms with Crippen LogP contribution in [0.3, 0.4) is 0 Å². The number of esters is 1. The third-order valence-electron chi connectivity index (χ3n) is 4.64. The molecule has 0 atom stereocenters. The third kappa shape index (κ3) is 5.05. The molecule has 1 amide bonds. The molecule has 1 aliphatic heterocycles. The number of ether oxygens (including phenoxy) is 2. The first kappa shape index (κ1) is 21.5. The topological polar surface area (TPSA) is 111 Å². The zero-order chi connectivity index (χ0) is 21.7. The molecule has 2 aromatic carbocycles. The van der Waals surface area contributed by atoms with Crippen LogP contribution >= 0.6 is 11.6 Å². The number of non-ortho nitro benzene ring substituents is 1. The molecule has 2 aromatic rings. The first-order valence-corrected chi connectivity index (χ1v) is 9.58. The summed E-state index contributed by atoms with van der Waals surface area (Å²) in [5.41, 5.74) is 1.48. The minimum atomic E-state index is -0.821. The normalized spacial score (nSPS) is 13.6. The average molecular weight is 434 g/mol. The second kappa shape index (κ2) is 9.55. The standard InChI is InChI=1S/C20H20ClN3O6/c1-13-16(21)3-2-4-17(13)22-19(25)12-30-20(26)15-11-14(24(27)28)5-6-18(15)23-7-9-29-10-8-23/h2-6,11H,7-10,12H2,1H3,(H,22,25). The van der Waals surface area contributed by atoms with Gasteiger partial charge in [-0.15, -0.1) is 0 Å². The van der Waals surface area contributed by atoms with Gasteiger partial charge in [-0.05, 0) is 30.7 Å². The minimum Gasteiger partial charge on any atom is -0.452 e. The molecule has 30 heavy (non-hydrogen) atoms. The number of morpholine rings is 1. The summed E-state index contributed by atoms with van der Waals surface area (Å²) in [6, 6.07) is 9.06. The molecule has 1 heterocycles. The van der Waals surface area contributed by atoms with E-state index in [4.69, 9.17) is 21.1 Å². The summed E-state index contributed by atoms with van der Waals surface area (Å²) < 4.78 is 10.4. The van der Waals surface area contributed by atoms with Crippen molar-refractivity contribution in [3.05, 3.63) is 62.7 Å². The fourth-order valence-corrected chi connectivity index (χ4v) is 3.19. The molecule has 0 spiro atoms. The summed E-state index contributed by atoms with van der Waals surface area (Å²) >= 11 is 6.03. The van der Waals surface area contributed by atoms with E-state index in [0.29, 0.717) is 48.3 Å². The number of hydrogen-bond acceptors (Lipinski definition) is 7. The van der Waals surface area contributed by atoms with Crippen LogP contribution in [0.25, 0.3) is 0 Å². The summed E-state index contributed by atoms with van der Waals surface area (Å²) in [6.45, 7) is 3.23. The average Bonchev–Trinajstić information content (AvgIpc) is 2.75. The Labute approximate surface area is 177 Å². The van der Waals surface area contributed by atoms with Crippen LogP contribution in [0.1, 0.15) is 15.9 Å². The number of nitrogens with one attached hydrogen (secondary N) is 1. The van der Waals surface area contributed by atoms with E-state index in [1.54, 1.807) is 25.1 Å². The van der Waals surface area contributed by atoms with Gasteiger partial charge in [0, 0.05) is 35.9 Å². The lowest BCUT2D eigenvalue weighted by atomic mass is 10.1. The summed E-state index contributed by atoms with van der Waals surface area (Å²) in [6.07, 6.45) is 0. The number of carbonyl (C=O) groups excluding carboxylic acids is 2. The maximum Gasteiger partial charge on any atom is 0.341 e. The summed E-state index contributed by atoms with van der Waals surface area (Å²) in [4.78, 5) is 37.3. The predicted molar refractivity (Wildman–Crippen MR) is 111 cm³/mol. The van der Waals surface area contributed by atoms with Gasteiger partial charge in [-0.25, -0.2) is 4.79 Å². The number of benzene rings is 2. The molecular weight excluding hydrogens is 414 g/mol. The van der Waals surface area contributed by atoms with Crippen LogP contribution in [0.15, 0.2) is 36.4 Å². The zero-order valence-corrected chi connectivity index (χ0v) is 17.0. The smallest absolute Gasteiger partial charge is 0.341 e. The number of nitrogens with zero attached hydrogens (tertiary/aromatic N) is 2. The Morgan fingerprint density at radius 3 is 2.70 bits per heavy atom. The Kier molecular flexibility index (Phi) is 6.86. The van der Waals surface area contributed by atoms with Crippen LogP contribution in [-0.4, -0.2) is 49.7 Å². The lowest BCUT2D eigenvalue weighted by molar-refractivity contribution is -0.384. The van der Waals surface area contributed by atoms with E-state index in [9.17, 15) is 19.7 Å². The summed E-state index contributed by atoms with van der Waals surface area (Å²) in [5.74, 6) is -1.37. The van der Waals surface area contributed by atoms with Gasteiger partial charge >= 0.3 is 5.97 Å². The van der Waals surface area contributed by atoms with E-state index in [1.165, 1.54) is 12.1 Å². The van der Waals surface area contributed by atoms with Gasteiger partial charge in [0.2, 0.25) is 0 Å². The highest BCUT2D eigenvalue weighted by Gasteiger charge is 2.23. The van der Waals surface area contributed by atoms with Crippen LogP contribution in [0.5, 0.6) is 0 Å². The molecule has 3 rings (SSSR count). The number of halogens is 1. The fourth-order valence-electron chi connectivity index (χ4n) is 3.02. The lowest BCUT2D eigenvalue weighted by Gasteiger charge is -2.30. The van der Waals surface area contributed by atoms with Gasteiger partial charge in [-0.2, -0.15) is 0 Å². The number of rotatable bonds is 6. The van der Waals surface area contributed by atoms with Crippen molar-refractivity contribution in [1.82, 2.24) is 0 Å². The van der Waals surface area contributed by atoms with Crippen LogP contribution in [0, 0.1) is 17.0 Å². The molecule has 0 aliphatic carbocycles. The van der Waals surface area contributed by atoms with E-state index in [-0.39, 0.29) is 11.3 Å². The lowest BCUT2D eigenvalue weighted by Crippen LogP contribution is -2.37. The third-order valence-corrected chi connectivity index (χ3v) is 5.05. The van der Waals surface area contributed by atoms with Crippen LogP contribution < -0.4 is 10.2 Å². The van der Waals surface area contributed by atoms with Crippen molar-refractivity contribution in [1.29, 1.82) is 0 Å². The number of nitro benzene ring substituents is 1.